The van der Waals surface area contributed by atoms with Crippen LogP contribution in [-0.2, 0) is 10.8 Å². The van der Waals surface area contributed by atoms with Crippen molar-refractivity contribution in [2.75, 3.05) is 14.7 Å². The Kier molecular flexibility index (Phi) is 7.57. The van der Waals surface area contributed by atoms with E-state index in [0.717, 1.165) is 44.7 Å². The van der Waals surface area contributed by atoms with Crippen molar-refractivity contribution in [1.29, 1.82) is 0 Å². The van der Waals surface area contributed by atoms with Gasteiger partial charge in [0.2, 0.25) is 0 Å². The molecule has 2 unspecified atom stereocenters. The van der Waals surface area contributed by atoms with Gasteiger partial charge in [0.1, 0.15) is 5.58 Å². The van der Waals surface area contributed by atoms with Gasteiger partial charge in [-0.05, 0) is 124 Å². The topological polar surface area (TPSA) is 22.9 Å². The quantitative estimate of drug-likeness (QED) is 0.165. The lowest BCUT2D eigenvalue weighted by atomic mass is 9.33. The average Bonchev–Trinajstić information content (AvgIpc) is 3.78. The zero-order valence-electron chi connectivity index (χ0n) is 36.7. The van der Waals surface area contributed by atoms with Gasteiger partial charge in [0.25, 0.3) is 6.71 Å². The SMILES string of the molecule is CC(C)(C)c1cc2c3c(c1)N1c4c(cccc4C4(C)CCCCC14C)B3c1ccc(N(c3ccccc3)c3ccc4ccccc4c3)cc1N2c1cccc2c1oc1ccccc12. The minimum Gasteiger partial charge on any atom is -0.454 e. The van der Waals surface area contributed by atoms with Gasteiger partial charge in [0.15, 0.2) is 5.58 Å². The molecule has 1 aliphatic carbocycles. The monoisotopic (exact) mass is 815 g/mol. The first-order chi connectivity index (χ1) is 30.6. The Balaban J connectivity index is 1.14. The van der Waals surface area contributed by atoms with Crippen molar-refractivity contribution in [2.45, 2.75) is 76.7 Å². The van der Waals surface area contributed by atoms with E-state index < -0.39 is 0 Å². The summed E-state index contributed by atoms with van der Waals surface area (Å²) >= 11 is 0. The Labute approximate surface area is 370 Å². The molecule has 1 fully saturated rings. The van der Waals surface area contributed by atoms with Crippen LogP contribution in [0, 0.1) is 0 Å². The molecule has 1 aromatic heterocycles. The zero-order chi connectivity index (χ0) is 42.4. The number of furan rings is 1. The van der Waals surface area contributed by atoms with Gasteiger partial charge in [0.05, 0.1) is 11.2 Å². The van der Waals surface area contributed by atoms with Crippen LogP contribution in [0.15, 0.2) is 168 Å². The highest BCUT2D eigenvalue weighted by Gasteiger charge is 2.61. The van der Waals surface area contributed by atoms with E-state index in [1.807, 2.05) is 0 Å². The first-order valence-electron chi connectivity index (χ1n) is 22.9. The molecule has 63 heavy (non-hydrogen) atoms. The van der Waals surface area contributed by atoms with Crippen molar-refractivity contribution in [3.8, 4) is 0 Å². The maximum absolute atomic E-state index is 6.96. The summed E-state index contributed by atoms with van der Waals surface area (Å²) in [6, 6.07) is 61.2. The number of nitrogens with zero attached hydrogens (tertiary/aromatic N) is 3. The fourth-order valence-electron chi connectivity index (χ4n) is 12.3. The van der Waals surface area contributed by atoms with Crippen molar-refractivity contribution in [3.05, 3.63) is 175 Å². The van der Waals surface area contributed by atoms with Crippen LogP contribution >= 0.6 is 0 Å². The molecular formula is C58H50BN3O. The molecule has 0 amide bonds. The first-order valence-corrected chi connectivity index (χ1v) is 22.9. The van der Waals surface area contributed by atoms with E-state index in [0.29, 0.717) is 0 Å². The molecule has 0 spiro atoms. The molecule has 9 aromatic rings. The summed E-state index contributed by atoms with van der Waals surface area (Å²) in [5, 5.41) is 4.72. The van der Waals surface area contributed by atoms with Crippen LogP contribution in [0.25, 0.3) is 32.7 Å². The van der Waals surface area contributed by atoms with Crippen LogP contribution in [-0.4, -0.2) is 12.3 Å². The molecule has 5 heteroatoms. The van der Waals surface area contributed by atoms with Gasteiger partial charge < -0.3 is 19.1 Å². The lowest BCUT2D eigenvalue weighted by molar-refractivity contribution is 0.195. The molecule has 8 aromatic carbocycles. The van der Waals surface area contributed by atoms with Crippen molar-refractivity contribution >= 4 is 101 Å². The number of hydrogen-bond acceptors (Lipinski definition) is 4. The third-order valence-corrected chi connectivity index (χ3v) is 15.7. The molecule has 0 bridgehead atoms. The molecule has 0 N–H and O–H groups in total. The van der Waals surface area contributed by atoms with Crippen LogP contribution in [0.5, 0.6) is 0 Å². The fourth-order valence-corrected chi connectivity index (χ4v) is 12.3. The first kappa shape index (κ1) is 36.9. The molecule has 13 rings (SSSR count). The van der Waals surface area contributed by atoms with E-state index in [-0.39, 0.29) is 23.1 Å². The second-order valence-corrected chi connectivity index (χ2v) is 20.0. The van der Waals surface area contributed by atoms with Crippen LogP contribution in [0.2, 0.25) is 0 Å². The smallest absolute Gasteiger partial charge is 0.252 e. The minimum atomic E-state index is -0.101. The van der Waals surface area contributed by atoms with Gasteiger partial charge in [-0.2, -0.15) is 0 Å². The van der Waals surface area contributed by atoms with Crippen molar-refractivity contribution < 1.29 is 4.42 Å². The zero-order valence-corrected chi connectivity index (χ0v) is 36.7. The molecule has 4 heterocycles. The van der Waals surface area contributed by atoms with Crippen LogP contribution in [0.3, 0.4) is 0 Å². The van der Waals surface area contributed by atoms with E-state index in [1.165, 1.54) is 86.7 Å². The Hall–Kier alpha value is -6.72. The molecule has 4 nitrogen and oxygen atoms in total. The standard InChI is InChI=1S/C58H50BN3O/c1-56(2,3)39-34-50-53-51(35-39)62-54-45(57(4)31-13-14-32-58(57,62)5)23-16-24-47(54)59(53)46-30-29-42(60(40-19-7-6-8-20-40)41-28-27-37-17-9-10-18-38(37)33-41)36-49(46)61(50)48-25-15-22-44-43-21-11-12-26-52(43)63-55(44)48/h6-12,15-30,33-36H,13-14,31-32H2,1-5H3. The summed E-state index contributed by atoms with van der Waals surface area (Å²) in [4.78, 5) is 7.84. The fraction of sp³-hybridized carbons (Fsp3) is 0.207. The van der Waals surface area contributed by atoms with E-state index in [1.54, 1.807) is 0 Å². The van der Waals surface area contributed by atoms with Crippen molar-refractivity contribution in [1.82, 2.24) is 0 Å². The predicted octanol–water partition coefficient (Wildman–Crippen LogP) is 13.9. The van der Waals surface area contributed by atoms with Crippen LogP contribution in [0.1, 0.15) is 71.4 Å². The van der Waals surface area contributed by atoms with Crippen molar-refractivity contribution in [3.63, 3.8) is 0 Å². The summed E-state index contributed by atoms with van der Waals surface area (Å²) in [7, 11) is 0. The number of para-hydroxylation sites is 4. The minimum absolute atomic E-state index is 0.0387. The third kappa shape index (κ3) is 4.99. The Bertz CT molecular complexity index is 3360. The normalized spacial score (nSPS) is 19.6. The number of rotatable bonds is 4. The third-order valence-electron chi connectivity index (χ3n) is 15.7. The molecule has 4 aliphatic rings. The highest BCUT2D eigenvalue weighted by atomic mass is 16.3. The second-order valence-electron chi connectivity index (χ2n) is 20.0. The maximum Gasteiger partial charge on any atom is 0.252 e. The molecule has 0 saturated heterocycles. The Morgan fingerprint density at radius 1 is 0.571 bits per heavy atom. The number of hydrogen-bond donors (Lipinski definition) is 0. The molecule has 3 aliphatic heterocycles. The Morgan fingerprint density at radius 3 is 2.14 bits per heavy atom. The second kappa shape index (κ2) is 12.9. The maximum atomic E-state index is 6.96. The number of benzene rings is 8. The molecule has 306 valence electrons. The van der Waals surface area contributed by atoms with E-state index in [4.69, 9.17) is 4.42 Å². The highest BCUT2D eigenvalue weighted by Crippen LogP contribution is 2.62. The van der Waals surface area contributed by atoms with Crippen LogP contribution in [0.4, 0.5) is 45.5 Å². The van der Waals surface area contributed by atoms with Crippen molar-refractivity contribution in [2.24, 2.45) is 0 Å². The molecule has 0 radical (unpaired) electrons. The van der Waals surface area contributed by atoms with Gasteiger partial charge in [0, 0.05) is 56.0 Å². The van der Waals surface area contributed by atoms with E-state index >= 15 is 0 Å². The highest BCUT2D eigenvalue weighted by molar-refractivity contribution is 7.00. The van der Waals surface area contributed by atoms with Gasteiger partial charge in [-0.25, -0.2) is 0 Å². The summed E-state index contributed by atoms with van der Waals surface area (Å²) in [6.45, 7) is 12.3. The number of fused-ring (bicyclic) bond motifs is 11. The Morgan fingerprint density at radius 2 is 1.29 bits per heavy atom. The van der Waals surface area contributed by atoms with Gasteiger partial charge >= 0.3 is 0 Å². The summed E-state index contributed by atoms with van der Waals surface area (Å²) < 4.78 is 6.96. The summed E-state index contributed by atoms with van der Waals surface area (Å²) in [6.07, 6.45) is 4.88. The molecule has 2 atom stereocenters. The lowest BCUT2D eigenvalue weighted by Gasteiger charge is -2.53. The van der Waals surface area contributed by atoms with Gasteiger partial charge in [-0.3, -0.25) is 0 Å². The average molecular weight is 816 g/mol. The van der Waals surface area contributed by atoms with E-state index in [2.05, 4.69) is 213 Å². The van der Waals surface area contributed by atoms with Gasteiger partial charge in [-0.15, -0.1) is 0 Å². The summed E-state index contributed by atoms with van der Waals surface area (Å²) in [5.74, 6) is 0. The molecule has 1 saturated carbocycles. The summed E-state index contributed by atoms with van der Waals surface area (Å²) in [5.41, 5.74) is 18.3. The lowest BCUT2D eigenvalue weighted by Crippen LogP contribution is -2.64. The molecular weight excluding hydrogens is 765 g/mol. The largest absolute Gasteiger partial charge is 0.454 e. The number of anilines is 8. The predicted molar refractivity (Wildman–Crippen MR) is 267 cm³/mol. The van der Waals surface area contributed by atoms with Gasteiger partial charge in [-0.1, -0.05) is 144 Å². The van der Waals surface area contributed by atoms with Crippen LogP contribution < -0.4 is 31.1 Å². The van der Waals surface area contributed by atoms with E-state index in [9.17, 15) is 0 Å².